The summed E-state index contributed by atoms with van der Waals surface area (Å²) < 4.78 is 2.01. The lowest BCUT2D eigenvalue weighted by Crippen LogP contribution is -2.13. The molecule has 0 amide bonds. The summed E-state index contributed by atoms with van der Waals surface area (Å²) in [6.45, 7) is 4.79. The molecule has 4 nitrogen and oxygen atoms in total. The molecule has 0 bridgehead atoms. The first-order chi connectivity index (χ1) is 11.4. The zero-order chi connectivity index (χ0) is 15.9. The number of aromatic nitrogens is 3. The smallest absolute Gasteiger partial charge is 0.0983 e. The third-order valence-electron chi connectivity index (χ3n) is 3.70. The Morgan fingerprint density at radius 2 is 1.92 bits per heavy atom. The molecule has 0 spiro atoms. The van der Waals surface area contributed by atoms with Gasteiger partial charge in [0.2, 0.25) is 0 Å². The van der Waals surface area contributed by atoms with Crippen LogP contribution in [0.1, 0.15) is 24.5 Å². The van der Waals surface area contributed by atoms with Crippen LogP contribution in [0.25, 0.3) is 11.3 Å². The Kier molecular flexibility index (Phi) is 6.97. The molecule has 126 valence electrons. The fourth-order valence-electron chi connectivity index (χ4n) is 2.59. The fraction of sp³-hybridized carbons (Fsp3) is 0.263. The molecule has 2 aromatic heterocycles. The molecule has 0 radical (unpaired) electrons. The minimum atomic E-state index is 0. The highest BCUT2D eigenvalue weighted by Crippen LogP contribution is 2.21. The van der Waals surface area contributed by atoms with E-state index in [1.165, 1.54) is 11.1 Å². The summed E-state index contributed by atoms with van der Waals surface area (Å²) in [4.78, 5) is 4.22. The van der Waals surface area contributed by atoms with Gasteiger partial charge in [0.1, 0.15) is 0 Å². The zero-order valence-corrected chi connectivity index (χ0v) is 14.7. The van der Waals surface area contributed by atoms with Crippen molar-refractivity contribution < 1.29 is 0 Å². The molecule has 0 atom stereocenters. The van der Waals surface area contributed by atoms with Crippen molar-refractivity contribution in [2.45, 2.75) is 26.4 Å². The summed E-state index contributed by atoms with van der Waals surface area (Å²) in [7, 11) is 0. The molecule has 3 rings (SSSR count). The Morgan fingerprint density at radius 1 is 1.08 bits per heavy atom. The average molecular weight is 343 g/mol. The largest absolute Gasteiger partial charge is 0.313 e. The molecule has 0 aliphatic carbocycles. The maximum absolute atomic E-state index is 4.79. The molecule has 5 heteroatoms. The van der Waals surface area contributed by atoms with Gasteiger partial charge in [-0.2, -0.15) is 5.10 Å². The zero-order valence-electron chi connectivity index (χ0n) is 13.9. The lowest BCUT2D eigenvalue weighted by atomic mass is 10.1. The summed E-state index contributed by atoms with van der Waals surface area (Å²) >= 11 is 0. The normalized spacial score (nSPS) is 10.4. The quantitative estimate of drug-likeness (QED) is 0.662. The van der Waals surface area contributed by atoms with Crippen molar-refractivity contribution in [3.8, 4) is 11.3 Å². The highest BCUT2D eigenvalue weighted by atomic mass is 35.5. The van der Waals surface area contributed by atoms with E-state index in [4.69, 9.17) is 5.10 Å². The van der Waals surface area contributed by atoms with Crippen molar-refractivity contribution in [1.82, 2.24) is 20.1 Å². The van der Waals surface area contributed by atoms with Crippen molar-refractivity contribution in [3.05, 3.63) is 72.2 Å². The number of hydrogen-bond acceptors (Lipinski definition) is 3. The van der Waals surface area contributed by atoms with Crippen molar-refractivity contribution in [2.75, 3.05) is 6.54 Å². The number of hydrogen-bond donors (Lipinski definition) is 1. The number of nitrogens with one attached hydrogen (secondary N) is 1. The lowest BCUT2D eigenvalue weighted by Gasteiger charge is -2.03. The summed E-state index contributed by atoms with van der Waals surface area (Å²) in [5.74, 6) is 0. The van der Waals surface area contributed by atoms with Gasteiger partial charge in [0.05, 0.1) is 12.2 Å². The Bertz CT molecular complexity index is 726. The van der Waals surface area contributed by atoms with E-state index in [1.54, 1.807) is 6.20 Å². The van der Waals surface area contributed by atoms with Crippen LogP contribution in [0.4, 0.5) is 0 Å². The topological polar surface area (TPSA) is 42.7 Å². The predicted molar refractivity (Wildman–Crippen MR) is 100 cm³/mol. The van der Waals surface area contributed by atoms with Gasteiger partial charge < -0.3 is 5.32 Å². The van der Waals surface area contributed by atoms with Crippen molar-refractivity contribution in [1.29, 1.82) is 0 Å². The molecule has 0 saturated carbocycles. The van der Waals surface area contributed by atoms with Gasteiger partial charge in [-0.25, -0.2) is 0 Å². The first kappa shape index (κ1) is 18.2. The molecule has 1 aromatic carbocycles. The van der Waals surface area contributed by atoms with E-state index in [-0.39, 0.29) is 12.4 Å². The molecule has 0 aliphatic rings. The van der Waals surface area contributed by atoms with E-state index in [9.17, 15) is 0 Å². The first-order valence-corrected chi connectivity index (χ1v) is 8.08. The van der Waals surface area contributed by atoms with Crippen LogP contribution < -0.4 is 5.32 Å². The lowest BCUT2D eigenvalue weighted by molar-refractivity contribution is 0.668. The van der Waals surface area contributed by atoms with Crippen LogP contribution in [0.2, 0.25) is 0 Å². The van der Waals surface area contributed by atoms with Crippen LogP contribution in [0.5, 0.6) is 0 Å². The van der Waals surface area contributed by atoms with Gasteiger partial charge in [0, 0.05) is 36.3 Å². The molecular formula is C19H23ClN4. The monoisotopic (exact) mass is 342 g/mol. The molecule has 24 heavy (non-hydrogen) atoms. The predicted octanol–water partition coefficient (Wildman–Crippen LogP) is 3.91. The van der Waals surface area contributed by atoms with Gasteiger partial charge in [-0.15, -0.1) is 12.4 Å². The SMILES string of the molecule is CCCNCc1cn(Cc2ccccc2)nc1-c1cccnc1.Cl. The summed E-state index contributed by atoms with van der Waals surface area (Å²) in [6.07, 6.45) is 6.93. The molecule has 0 aliphatic heterocycles. The Hall–Kier alpha value is -2.17. The summed E-state index contributed by atoms with van der Waals surface area (Å²) in [6, 6.07) is 14.4. The van der Waals surface area contributed by atoms with Crippen LogP contribution in [0.3, 0.4) is 0 Å². The van der Waals surface area contributed by atoms with Gasteiger partial charge in [-0.3, -0.25) is 9.67 Å². The van der Waals surface area contributed by atoms with Gasteiger partial charge >= 0.3 is 0 Å². The van der Waals surface area contributed by atoms with E-state index in [1.807, 2.05) is 23.0 Å². The van der Waals surface area contributed by atoms with Crippen LogP contribution in [-0.2, 0) is 13.1 Å². The van der Waals surface area contributed by atoms with Crippen LogP contribution in [0, 0.1) is 0 Å². The maximum Gasteiger partial charge on any atom is 0.0983 e. The summed E-state index contributed by atoms with van der Waals surface area (Å²) in [5.41, 5.74) is 4.54. The Morgan fingerprint density at radius 3 is 2.62 bits per heavy atom. The van der Waals surface area contributed by atoms with Gasteiger partial charge in [-0.1, -0.05) is 37.3 Å². The molecule has 3 aromatic rings. The van der Waals surface area contributed by atoms with Crippen LogP contribution in [0.15, 0.2) is 61.1 Å². The van der Waals surface area contributed by atoms with Crippen molar-refractivity contribution in [3.63, 3.8) is 0 Å². The van der Waals surface area contributed by atoms with Gasteiger partial charge in [0.15, 0.2) is 0 Å². The van der Waals surface area contributed by atoms with E-state index < -0.39 is 0 Å². The second kappa shape index (κ2) is 9.21. The number of nitrogens with zero attached hydrogens (tertiary/aromatic N) is 3. The fourth-order valence-corrected chi connectivity index (χ4v) is 2.59. The number of rotatable bonds is 7. The number of halogens is 1. The molecule has 0 fully saturated rings. The average Bonchev–Trinajstić information content (AvgIpc) is 2.99. The van der Waals surface area contributed by atoms with E-state index in [2.05, 4.69) is 53.8 Å². The number of pyridine rings is 1. The standard InChI is InChI=1S/C19H22N4.ClH/c1-2-10-20-13-18-15-23(14-16-7-4-3-5-8-16)22-19(18)17-9-6-11-21-12-17;/h3-9,11-12,15,20H,2,10,13-14H2,1H3;1H. The molecular weight excluding hydrogens is 320 g/mol. The molecule has 0 unspecified atom stereocenters. The third-order valence-corrected chi connectivity index (χ3v) is 3.70. The second-order valence-corrected chi connectivity index (χ2v) is 5.60. The number of benzene rings is 1. The first-order valence-electron chi connectivity index (χ1n) is 8.08. The summed E-state index contributed by atoms with van der Waals surface area (Å²) in [5, 5.41) is 8.26. The Labute approximate surface area is 149 Å². The highest BCUT2D eigenvalue weighted by Gasteiger charge is 2.11. The van der Waals surface area contributed by atoms with E-state index in [0.29, 0.717) is 0 Å². The van der Waals surface area contributed by atoms with Crippen LogP contribution >= 0.6 is 12.4 Å². The molecule has 0 saturated heterocycles. The van der Waals surface area contributed by atoms with Crippen molar-refractivity contribution >= 4 is 12.4 Å². The van der Waals surface area contributed by atoms with E-state index in [0.717, 1.165) is 37.3 Å². The molecule has 1 N–H and O–H groups in total. The second-order valence-electron chi connectivity index (χ2n) is 5.60. The highest BCUT2D eigenvalue weighted by molar-refractivity contribution is 5.85. The van der Waals surface area contributed by atoms with E-state index >= 15 is 0 Å². The Balaban J connectivity index is 0.00000208. The molecule has 2 heterocycles. The minimum absolute atomic E-state index is 0. The van der Waals surface area contributed by atoms with Crippen molar-refractivity contribution in [2.24, 2.45) is 0 Å². The van der Waals surface area contributed by atoms with Crippen LogP contribution in [-0.4, -0.2) is 21.3 Å². The van der Waals surface area contributed by atoms with Gasteiger partial charge in [-0.05, 0) is 30.7 Å². The maximum atomic E-state index is 4.79. The van der Waals surface area contributed by atoms with Gasteiger partial charge in [0.25, 0.3) is 0 Å². The minimum Gasteiger partial charge on any atom is -0.313 e. The third kappa shape index (κ3) is 4.66.